The van der Waals surface area contributed by atoms with Gasteiger partial charge in [0.25, 0.3) is 5.91 Å². The average Bonchev–Trinajstić information content (AvgIpc) is 2.84. The Morgan fingerprint density at radius 2 is 1.53 bits per heavy atom. The number of rotatable bonds is 10. The van der Waals surface area contributed by atoms with Crippen molar-refractivity contribution in [2.24, 2.45) is 0 Å². The summed E-state index contributed by atoms with van der Waals surface area (Å²) < 4.78 is 5.73. The molecule has 188 valence electrons. The number of nitrogens with one attached hydrogen (secondary N) is 2. The van der Waals surface area contributed by atoms with Gasteiger partial charge in [-0.25, -0.2) is 0 Å². The predicted octanol–water partition coefficient (Wildman–Crippen LogP) is 7.51. The maximum Gasteiger partial charge on any atom is 0.306 e. The summed E-state index contributed by atoms with van der Waals surface area (Å²) in [7, 11) is 0. The smallest absolute Gasteiger partial charge is 0.306 e. The monoisotopic (exact) mass is 608 g/mol. The van der Waals surface area contributed by atoms with Crippen molar-refractivity contribution < 1.29 is 19.1 Å². The van der Waals surface area contributed by atoms with E-state index in [0.717, 1.165) is 19.8 Å². The van der Waals surface area contributed by atoms with E-state index < -0.39 is 18.5 Å². The molecule has 0 atom stereocenters. The van der Waals surface area contributed by atoms with Gasteiger partial charge in [0.2, 0.25) is 5.91 Å². The Hall–Kier alpha value is -2.52. The summed E-state index contributed by atoms with van der Waals surface area (Å²) in [6.07, 6.45) is 0.484. The third-order valence-corrected chi connectivity index (χ3v) is 7.34. The fourth-order valence-corrected chi connectivity index (χ4v) is 4.61. The standard InChI is InChI=1S/C26H23BrCl2N2O4S/c1-16-13-21(27)22(29)14-23(16)31-25(33)15-35-26(34)4-2-3-24(32)30-18-7-11-20(12-8-18)36-19-9-5-17(28)6-10-19/h5-14H,2-4,15H2,1H3,(H,30,32)(H,31,33). The first-order chi connectivity index (χ1) is 17.2. The molecule has 6 nitrogen and oxygen atoms in total. The number of halogens is 3. The maximum atomic E-state index is 12.2. The van der Waals surface area contributed by atoms with Crippen molar-refractivity contribution in [3.8, 4) is 0 Å². The second-order valence-corrected chi connectivity index (χ2v) is 10.6. The summed E-state index contributed by atoms with van der Waals surface area (Å²) in [5, 5.41) is 6.62. The number of hydrogen-bond acceptors (Lipinski definition) is 5. The second-order valence-electron chi connectivity index (χ2n) is 7.77. The van der Waals surface area contributed by atoms with Crippen LogP contribution in [0, 0.1) is 6.92 Å². The highest BCUT2D eigenvalue weighted by Crippen LogP contribution is 2.30. The molecule has 2 amide bonds. The van der Waals surface area contributed by atoms with E-state index in [1.54, 1.807) is 23.9 Å². The first-order valence-electron chi connectivity index (χ1n) is 10.9. The van der Waals surface area contributed by atoms with Gasteiger partial charge in [-0.1, -0.05) is 35.0 Å². The van der Waals surface area contributed by atoms with Crippen LogP contribution in [0.5, 0.6) is 0 Å². The molecule has 3 aromatic carbocycles. The molecular formula is C26H23BrCl2N2O4S. The molecule has 0 fully saturated rings. The molecule has 0 aliphatic heterocycles. The van der Waals surface area contributed by atoms with Crippen LogP contribution in [0.1, 0.15) is 24.8 Å². The molecule has 2 N–H and O–H groups in total. The summed E-state index contributed by atoms with van der Waals surface area (Å²) in [5.41, 5.74) is 2.02. The van der Waals surface area contributed by atoms with Crippen LogP contribution >= 0.6 is 50.9 Å². The highest BCUT2D eigenvalue weighted by atomic mass is 79.9. The fraction of sp³-hybridized carbons (Fsp3) is 0.192. The molecule has 3 rings (SSSR count). The Kier molecular flexibility index (Phi) is 10.7. The zero-order chi connectivity index (χ0) is 26.1. The van der Waals surface area contributed by atoms with E-state index in [1.807, 2.05) is 55.5 Å². The quantitative estimate of drug-likeness (QED) is 0.232. The van der Waals surface area contributed by atoms with Crippen molar-refractivity contribution in [2.45, 2.75) is 36.0 Å². The number of esters is 1. The summed E-state index contributed by atoms with van der Waals surface area (Å²) in [6, 6.07) is 18.4. The number of anilines is 2. The maximum absolute atomic E-state index is 12.2. The first-order valence-corrected chi connectivity index (χ1v) is 13.3. The van der Waals surface area contributed by atoms with E-state index in [4.69, 9.17) is 27.9 Å². The molecule has 0 aromatic heterocycles. The van der Waals surface area contributed by atoms with Gasteiger partial charge in [0.15, 0.2) is 6.61 Å². The lowest BCUT2D eigenvalue weighted by molar-refractivity contribution is -0.147. The molecule has 0 heterocycles. The number of carbonyl (C=O) groups excluding carboxylic acids is 3. The minimum atomic E-state index is -0.549. The zero-order valence-electron chi connectivity index (χ0n) is 19.3. The van der Waals surface area contributed by atoms with Crippen LogP contribution in [0.25, 0.3) is 0 Å². The third kappa shape index (κ3) is 9.17. The summed E-state index contributed by atoms with van der Waals surface area (Å²) >= 11 is 16.9. The Balaban J connectivity index is 1.34. The number of carbonyl (C=O) groups is 3. The summed E-state index contributed by atoms with van der Waals surface area (Å²) in [6.45, 7) is 1.40. The van der Waals surface area contributed by atoms with E-state index in [9.17, 15) is 14.4 Å². The van der Waals surface area contributed by atoms with Gasteiger partial charge in [-0.15, -0.1) is 0 Å². The molecule has 36 heavy (non-hydrogen) atoms. The van der Waals surface area contributed by atoms with Crippen molar-refractivity contribution in [3.63, 3.8) is 0 Å². The van der Waals surface area contributed by atoms with Crippen LogP contribution in [0.3, 0.4) is 0 Å². The Morgan fingerprint density at radius 1 is 0.889 bits per heavy atom. The molecule has 10 heteroatoms. The third-order valence-electron chi connectivity index (χ3n) is 4.88. The number of hydrogen-bond donors (Lipinski definition) is 2. The number of aryl methyl sites for hydroxylation is 1. The highest BCUT2D eigenvalue weighted by molar-refractivity contribution is 9.10. The van der Waals surface area contributed by atoms with Gasteiger partial charge in [-0.3, -0.25) is 14.4 Å². The first kappa shape index (κ1) is 28.1. The molecular weight excluding hydrogens is 587 g/mol. The van der Waals surface area contributed by atoms with Gasteiger partial charge < -0.3 is 15.4 Å². The van der Waals surface area contributed by atoms with Gasteiger partial charge in [0.1, 0.15) is 0 Å². The summed E-state index contributed by atoms with van der Waals surface area (Å²) in [4.78, 5) is 38.3. The second kappa shape index (κ2) is 13.7. The molecule has 0 aliphatic carbocycles. The van der Waals surface area contributed by atoms with Gasteiger partial charge in [0, 0.05) is 43.5 Å². The van der Waals surface area contributed by atoms with E-state index in [0.29, 0.717) is 27.8 Å². The van der Waals surface area contributed by atoms with Crippen LogP contribution in [-0.4, -0.2) is 24.4 Å². The SMILES string of the molecule is Cc1cc(Br)c(Cl)cc1NC(=O)COC(=O)CCCC(=O)Nc1ccc(Sc2ccc(Cl)cc2)cc1. The van der Waals surface area contributed by atoms with Crippen LogP contribution < -0.4 is 10.6 Å². The normalized spacial score (nSPS) is 10.6. The van der Waals surface area contributed by atoms with E-state index in [-0.39, 0.29) is 18.7 Å². The van der Waals surface area contributed by atoms with Crippen LogP contribution in [0.2, 0.25) is 10.0 Å². The van der Waals surface area contributed by atoms with Crippen molar-refractivity contribution in [3.05, 3.63) is 80.7 Å². The lowest BCUT2D eigenvalue weighted by Crippen LogP contribution is -2.21. The average molecular weight is 610 g/mol. The van der Waals surface area contributed by atoms with Crippen molar-refractivity contribution in [2.75, 3.05) is 17.2 Å². The molecule has 0 spiro atoms. The molecule has 0 saturated heterocycles. The molecule has 0 unspecified atom stereocenters. The predicted molar refractivity (Wildman–Crippen MR) is 148 cm³/mol. The van der Waals surface area contributed by atoms with Crippen LogP contribution in [-0.2, 0) is 19.1 Å². The number of amides is 2. The molecule has 0 aliphatic rings. The van der Waals surface area contributed by atoms with Crippen molar-refractivity contribution >= 4 is 80.1 Å². The molecule has 3 aromatic rings. The zero-order valence-corrected chi connectivity index (χ0v) is 23.2. The van der Waals surface area contributed by atoms with Crippen LogP contribution in [0.15, 0.2) is 74.9 Å². The molecule has 0 bridgehead atoms. The van der Waals surface area contributed by atoms with E-state index in [2.05, 4.69) is 26.6 Å². The lowest BCUT2D eigenvalue weighted by Gasteiger charge is -2.10. The van der Waals surface area contributed by atoms with Crippen molar-refractivity contribution in [1.29, 1.82) is 0 Å². The minimum Gasteiger partial charge on any atom is -0.456 e. The van der Waals surface area contributed by atoms with Gasteiger partial charge >= 0.3 is 5.97 Å². The van der Waals surface area contributed by atoms with Gasteiger partial charge in [0.05, 0.1) is 5.02 Å². The molecule has 0 saturated carbocycles. The van der Waals surface area contributed by atoms with E-state index >= 15 is 0 Å². The number of benzene rings is 3. The Labute approximate surface area is 232 Å². The van der Waals surface area contributed by atoms with Crippen LogP contribution in [0.4, 0.5) is 11.4 Å². The van der Waals surface area contributed by atoms with Gasteiger partial charge in [-0.2, -0.15) is 0 Å². The summed E-state index contributed by atoms with van der Waals surface area (Å²) in [5.74, 6) is -1.23. The topological polar surface area (TPSA) is 84.5 Å². The number of ether oxygens (including phenoxy) is 1. The van der Waals surface area contributed by atoms with Gasteiger partial charge in [-0.05, 0) is 95.5 Å². The lowest BCUT2D eigenvalue weighted by atomic mass is 10.2. The Morgan fingerprint density at radius 3 is 2.19 bits per heavy atom. The highest BCUT2D eigenvalue weighted by Gasteiger charge is 2.12. The fourth-order valence-electron chi connectivity index (χ4n) is 3.05. The minimum absolute atomic E-state index is 0.0283. The molecule has 0 radical (unpaired) electrons. The van der Waals surface area contributed by atoms with E-state index in [1.165, 1.54) is 0 Å². The van der Waals surface area contributed by atoms with Crippen molar-refractivity contribution in [1.82, 2.24) is 0 Å². The largest absolute Gasteiger partial charge is 0.456 e. The Bertz CT molecular complexity index is 1240.